The molecule has 1 aromatic rings. The van der Waals surface area contributed by atoms with E-state index >= 15 is 0 Å². The molecule has 0 bridgehead atoms. The molecule has 0 radical (unpaired) electrons. The summed E-state index contributed by atoms with van der Waals surface area (Å²) >= 11 is 0. The first kappa shape index (κ1) is 11.3. The van der Waals surface area contributed by atoms with Crippen molar-refractivity contribution in [2.24, 2.45) is 0 Å². The summed E-state index contributed by atoms with van der Waals surface area (Å²) in [6.45, 7) is 0. The van der Waals surface area contributed by atoms with Gasteiger partial charge in [0.05, 0.1) is 12.0 Å². The maximum absolute atomic E-state index is 11.4. The Kier molecular flexibility index (Phi) is 3.15. The molecule has 7 heteroatoms. The molecular formula is C8H9NO5S. The maximum atomic E-state index is 11.4. The first-order valence-electron chi connectivity index (χ1n) is 3.85. The van der Waals surface area contributed by atoms with E-state index in [1.54, 1.807) is 4.72 Å². The number of phenolic OH excluding ortho intramolecular Hbond substituents is 1. The third kappa shape index (κ3) is 2.84. The highest BCUT2D eigenvalue weighted by Gasteiger charge is 2.17. The van der Waals surface area contributed by atoms with Gasteiger partial charge in [0.15, 0.2) is 0 Å². The Bertz CT molecular complexity index is 450. The lowest BCUT2D eigenvalue weighted by Crippen LogP contribution is -2.30. The second-order valence-electron chi connectivity index (χ2n) is 2.59. The number of rotatable bonds is 2. The Balaban J connectivity index is 2.96. The van der Waals surface area contributed by atoms with E-state index in [9.17, 15) is 13.2 Å². The van der Waals surface area contributed by atoms with Crippen LogP contribution in [0, 0.1) is 0 Å². The van der Waals surface area contributed by atoms with Crippen LogP contribution in [0.4, 0.5) is 4.79 Å². The normalized spacial score (nSPS) is 10.7. The van der Waals surface area contributed by atoms with Gasteiger partial charge in [-0.3, -0.25) is 0 Å². The Hall–Kier alpha value is -1.76. The lowest BCUT2D eigenvalue weighted by atomic mass is 10.3. The Morgan fingerprint density at radius 1 is 1.33 bits per heavy atom. The highest BCUT2D eigenvalue weighted by molar-refractivity contribution is 7.90. The van der Waals surface area contributed by atoms with Gasteiger partial charge in [0, 0.05) is 0 Å². The van der Waals surface area contributed by atoms with Crippen molar-refractivity contribution < 1.29 is 23.1 Å². The number of hydrogen-bond donors (Lipinski definition) is 2. The second kappa shape index (κ2) is 4.18. The van der Waals surface area contributed by atoms with E-state index in [-0.39, 0.29) is 10.6 Å². The predicted molar refractivity (Wildman–Crippen MR) is 50.8 cm³/mol. The summed E-state index contributed by atoms with van der Waals surface area (Å²) in [6.07, 6.45) is -1.07. The lowest BCUT2D eigenvalue weighted by Gasteiger charge is -2.05. The second-order valence-corrected chi connectivity index (χ2v) is 4.27. The molecule has 15 heavy (non-hydrogen) atoms. The lowest BCUT2D eigenvalue weighted by molar-refractivity contribution is 0.177. The fourth-order valence-corrected chi connectivity index (χ4v) is 1.75. The van der Waals surface area contributed by atoms with Gasteiger partial charge in [-0.1, -0.05) is 0 Å². The van der Waals surface area contributed by atoms with E-state index in [2.05, 4.69) is 4.74 Å². The smallest absolute Gasteiger partial charge is 0.420 e. The molecule has 6 nitrogen and oxygen atoms in total. The predicted octanol–water partition coefficient (Wildman–Crippen LogP) is 0.437. The molecule has 1 rings (SSSR count). The third-order valence-corrected chi connectivity index (χ3v) is 2.88. The number of hydrogen-bond acceptors (Lipinski definition) is 5. The van der Waals surface area contributed by atoms with Crippen LogP contribution in [0.3, 0.4) is 0 Å². The van der Waals surface area contributed by atoms with E-state index < -0.39 is 16.1 Å². The average Bonchev–Trinajstić information content (AvgIpc) is 2.17. The van der Waals surface area contributed by atoms with E-state index in [1.807, 2.05) is 0 Å². The molecule has 0 saturated heterocycles. The molecule has 0 aromatic heterocycles. The number of nitrogens with one attached hydrogen (secondary N) is 1. The summed E-state index contributed by atoms with van der Waals surface area (Å²) in [5, 5.41) is 8.94. The van der Waals surface area contributed by atoms with Crippen molar-refractivity contribution in [3.05, 3.63) is 24.3 Å². The molecule has 82 valence electrons. The van der Waals surface area contributed by atoms with Crippen LogP contribution < -0.4 is 4.72 Å². The van der Waals surface area contributed by atoms with Crippen LogP contribution in [-0.4, -0.2) is 26.7 Å². The highest BCUT2D eigenvalue weighted by Crippen LogP contribution is 2.13. The zero-order chi connectivity index (χ0) is 11.5. The van der Waals surface area contributed by atoms with Gasteiger partial charge in [0.1, 0.15) is 5.75 Å². The summed E-state index contributed by atoms with van der Waals surface area (Å²) < 4.78 is 28.7. The molecule has 0 fully saturated rings. The van der Waals surface area contributed by atoms with Gasteiger partial charge in [-0.25, -0.2) is 17.9 Å². The maximum Gasteiger partial charge on any atom is 0.420 e. The van der Waals surface area contributed by atoms with Gasteiger partial charge in [0.2, 0.25) is 0 Å². The van der Waals surface area contributed by atoms with Crippen LogP contribution in [0.25, 0.3) is 0 Å². The van der Waals surface area contributed by atoms with Gasteiger partial charge in [-0.05, 0) is 24.3 Å². The number of benzene rings is 1. The first-order valence-corrected chi connectivity index (χ1v) is 5.34. The van der Waals surface area contributed by atoms with Crippen LogP contribution >= 0.6 is 0 Å². The van der Waals surface area contributed by atoms with E-state index in [1.165, 1.54) is 24.3 Å². The van der Waals surface area contributed by atoms with Crippen LogP contribution in [0.1, 0.15) is 0 Å². The SMILES string of the molecule is COC(=O)NS(=O)(=O)c1ccc(O)cc1. The molecule has 0 aliphatic rings. The average molecular weight is 231 g/mol. The third-order valence-electron chi connectivity index (χ3n) is 1.55. The summed E-state index contributed by atoms with van der Waals surface area (Å²) in [5.74, 6) is -0.0629. The topological polar surface area (TPSA) is 92.7 Å². The van der Waals surface area contributed by atoms with Gasteiger partial charge < -0.3 is 9.84 Å². The minimum absolute atomic E-state index is 0.0629. The number of aromatic hydroxyl groups is 1. The molecule has 0 unspecified atom stereocenters. The number of phenols is 1. The molecule has 1 amide bonds. The van der Waals surface area contributed by atoms with Gasteiger partial charge in [-0.15, -0.1) is 0 Å². The molecule has 2 N–H and O–H groups in total. The van der Waals surface area contributed by atoms with Crippen molar-refractivity contribution >= 4 is 16.1 Å². The number of amides is 1. The van der Waals surface area contributed by atoms with Crippen molar-refractivity contribution in [2.45, 2.75) is 4.90 Å². The minimum Gasteiger partial charge on any atom is -0.508 e. The monoisotopic (exact) mass is 231 g/mol. The van der Waals surface area contributed by atoms with E-state index in [0.29, 0.717) is 0 Å². The summed E-state index contributed by atoms with van der Waals surface area (Å²) in [6, 6.07) is 4.74. The van der Waals surface area contributed by atoms with Crippen molar-refractivity contribution in [2.75, 3.05) is 7.11 Å². The zero-order valence-corrected chi connectivity index (χ0v) is 8.61. The van der Waals surface area contributed by atoms with E-state index in [0.717, 1.165) is 7.11 Å². The van der Waals surface area contributed by atoms with E-state index in [4.69, 9.17) is 5.11 Å². The number of methoxy groups -OCH3 is 1. The van der Waals surface area contributed by atoms with Gasteiger partial charge in [0.25, 0.3) is 10.0 Å². The summed E-state index contributed by atoms with van der Waals surface area (Å²) in [4.78, 5) is 10.6. The summed E-state index contributed by atoms with van der Waals surface area (Å²) in [7, 11) is -2.87. The molecule has 0 spiro atoms. The number of carbonyl (C=O) groups is 1. The molecule has 0 atom stereocenters. The van der Waals surface area contributed by atoms with Crippen LogP contribution in [0.2, 0.25) is 0 Å². The van der Waals surface area contributed by atoms with Crippen LogP contribution in [0.15, 0.2) is 29.2 Å². The van der Waals surface area contributed by atoms with Crippen LogP contribution in [0.5, 0.6) is 5.75 Å². The molecule has 0 heterocycles. The van der Waals surface area contributed by atoms with Gasteiger partial charge in [-0.2, -0.15) is 0 Å². The minimum atomic E-state index is -3.92. The molecule has 0 aliphatic carbocycles. The van der Waals surface area contributed by atoms with Crippen molar-refractivity contribution in [1.29, 1.82) is 0 Å². The van der Waals surface area contributed by atoms with Crippen molar-refractivity contribution in [3.63, 3.8) is 0 Å². The van der Waals surface area contributed by atoms with Crippen molar-refractivity contribution in [1.82, 2.24) is 4.72 Å². The molecule has 0 aliphatic heterocycles. The molecule has 0 saturated carbocycles. The quantitative estimate of drug-likeness (QED) is 0.770. The molecule has 1 aromatic carbocycles. The summed E-state index contributed by atoms with van der Waals surface area (Å²) in [5.41, 5.74) is 0. The van der Waals surface area contributed by atoms with Crippen LogP contribution in [-0.2, 0) is 14.8 Å². The fraction of sp³-hybridized carbons (Fsp3) is 0.125. The van der Waals surface area contributed by atoms with Gasteiger partial charge >= 0.3 is 6.09 Å². The number of sulfonamides is 1. The zero-order valence-electron chi connectivity index (χ0n) is 7.80. The van der Waals surface area contributed by atoms with Crippen molar-refractivity contribution in [3.8, 4) is 5.75 Å². The molecular weight excluding hydrogens is 222 g/mol. The Morgan fingerprint density at radius 3 is 2.33 bits per heavy atom. The Morgan fingerprint density at radius 2 is 1.87 bits per heavy atom. The standard InChI is InChI=1S/C8H9NO5S/c1-14-8(11)9-15(12,13)7-4-2-6(10)3-5-7/h2-5,10H,1H3,(H,9,11). The fourth-order valence-electron chi connectivity index (χ4n) is 0.836. The highest BCUT2D eigenvalue weighted by atomic mass is 32.2. The number of ether oxygens (including phenoxy) is 1. The number of carbonyl (C=O) groups excluding carboxylic acids is 1. The largest absolute Gasteiger partial charge is 0.508 e. The Labute approximate surface area is 86.5 Å². The first-order chi connectivity index (χ1) is 6.95.